The smallest absolute Gasteiger partial charge is 0.252 e. The molecule has 0 saturated heterocycles. The average molecular weight is 1180 g/mol. The molecular weight excluding hydrogens is 1120 g/mol. The molecule has 0 aromatic heterocycles. The van der Waals surface area contributed by atoms with Gasteiger partial charge in [-0.2, -0.15) is 0 Å². The Hall–Kier alpha value is -11.0. The first kappa shape index (κ1) is 54.4. The van der Waals surface area contributed by atoms with Gasteiger partial charge < -0.3 is 14.7 Å². The molecule has 0 aliphatic carbocycles. The van der Waals surface area contributed by atoms with Gasteiger partial charge in [-0.15, -0.1) is 0 Å². The minimum absolute atomic E-state index is 0.126. The third-order valence-corrected chi connectivity index (χ3v) is 28.2. The van der Waals surface area contributed by atoms with Gasteiger partial charge in [0.05, 0.1) is 5.69 Å². The van der Waals surface area contributed by atoms with Crippen LogP contribution in [0.25, 0.3) is 11.1 Å². The van der Waals surface area contributed by atoms with E-state index < -0.39 is 16.1 Å². The van der Waals surface area contributed by atoms with Crippen LogP contribution >= 0.6 is 0 Å². The highest BCUT2D eigenvalue weighted by molar-refractivity contribution is 7.20. The van der Waals surface area contributed by atoms with Gasteiger partial charge in [0.2, 0.25) is 0 Å². The van der Waals surface area contributed by atoms with Gasteiger partial charge in [0.25, 0.3) is 6.71 Å². The number of hydrogen-bond donors (Lipinski definition) is 0. The van der Waals surface area contributed by atoms with E-state index >= 15 is 0 Å². The monoisotopic (exact) mass is 1180 g/mol. The summed E-state index contributed by atoms with van der Waals surface area (Å²) in [6.07, 6.45) is 0. The Morgan fingerprint density at radius 2 is 0.556 bits per heavy atom. The fraction of sp³-hybridized carbons (Fsp3) is 0. The molecule has 2 heterocycles. The summed E-state index contributed by atoms with van der Waals surface area (Å²) in [5, 5.41) is 10.6. The summed E-state index contributed by atoms with van der Waals surface area (Å²) < 4.78 is 0. The standard InChI is InChI=1S/C84H62BN3Si2/c1-10-32-63(33-11-1)64-56-57-79-81(58-64)88(68-39-31-53-77(60-68)90(73-46-22-7-23-47-73,74-48-24-8-25-49-74)75-50-26-9-27-51-75)83-62-69(86(65-34-12-2-13-35-65)66-36-14-3-15-37-66)61-82-84(83)85(79)78-54-28-29-55-80(78)87(82)67-38-30-52-76(59-67)89(70-40-16-4-17-41-70,71-42-18-5-19-43-71)72-44-20-6-21-45-72/h1-62H. The molecule has 0 amide bonds. The first-order valence-corrected chi connectivity index (χ1v) is 35.2. The first-order valence-electron chi connectivity index (χ1n) is 31.2. The molecule has 6 heteroatoms. The maximum Gasteiger partial charge on any atom is 0.252 e. The molecular formula is C84H62BN3Si2. The number of benzene rings is 14. The fourth-order valence-electron chi connectivity index (χ4n) is 14.9. The highest BCUT2D eigenvalue weighted by Crippen LogP contribution is 2.48. The lowest BCUT2D eigenvalue weighted by atomic mass is 9.33. The summed E-state index contributed by atoms with van der Waals surface area (Å²) in [6, 6.07) is 141. The van der Waals surface area contributed by atoms with Crippen molar-refractivity contribution in [2.75, 3.05) is 14.7 Å². The molecule has 14 aromatic rings. The number of hydrogen-bond acceptors (Lipinski definition) is 3. The lowest BCUT2D eigenvalue weighted by Gasteiger charge is -2.45. The van der Waals surface area contributed by atoms with Crippen molar-refractivity contribution in [3.8, 4) is 11.1 Å². The predicted molar refractivity (Wildman–Crippen MR) is 388 cm³/mol. The third kappa shape index (κ3) is 9.10. The molecule has 0 radical (unpaired) electrons. The molecule has 0 N–H and O–H groups in total. The molecule has 2 aliphatic rings. The number of fused-ring (bicyclic) bond motifs is 4. The van der Waals surface area contributed by atoms with Gasteiger partial charge in [0.1, 0.15) is 0 Å². The molecule has 0 atom stereocenters. The number of nitrogens with zero attached hydrogens (tertiary/aromatic N) is 3. The lowest BCUT2D eigenvalue weighted by Crippen LogP contribution is -2.74. The topological polar surface area (TPSA) is 9.72 Å². The minimum atomic E-state index is -3.02. The van der Waals surface area contributed by atoms with Gasteiger partial charge in [-0.25, -0.2) is 0 Å². The highest BCUT2D eigenvalue weighted by Gasteiger charge is 2.47. The van der Waals surface area contributed by atoms with E-state index in [1.54, 1.807) is 0 Å². The Bertz CT molecular complexity index is 4600. The molecule has 16 rings (SSSR count). The van der Waals surface area contributed by atoms with Crippen LogP contribution in [-0.4, -0.2) is 22.9 Å². The van der Waals surface area contributed by atoms with E-state index in [2.05, 4.69) is 391 Å². The van der Waals surface area contributed by atoms with Crippen LogP contribution < -0.4 is 72.6 Å². The van der Waals surface area contributed by atoms with E-state index in [-0.39, 0.29) is 6.71 Å². The van der Waals surface area contributed by atoms with Crippen LogP contribution in [0.1, 0.15) is 0 Å². The summed E-state index contributed by atoms with van der Waals surface area (Å²) in [5.74, 6) is 0. The largest absolute Gasteiger partial charge is 0.311 e. The Kier molecular flexibility index (Phi) is 14.0. The van der Waals surface area contributed by atoms with Crippen LogP contribution in [0.4, 0.5) is 51.2 Å². The summed E-state index contributed by atoms with van der Waals surface area (Å²) in [6.45, 7) is -0.126. The minimum Gasteiger partial charge on any atom is -0.311 e. The Morgan fingerprint density at radius 3 is 0.967 bits per heavy atom. The van der Waals surface area contributed by atoms with Crippen molar-refractivity contribution in [2.24, 2.45) is 0 Å². The molecule has 0 saturated carbocycles. The molecule has 0 unspecified atom stereocenters. The molecule has 0 fully saturated rings. The first-order chi connectivity index (χ1) is 44.7. The van der Waals surface area contributed by atoms with Gasteiger partial charge >= 0.3 is 0 Å². The van der Waals surface area contributed by atoms with Gasteiger partial charge in [0.15, 0.2) is 16.1 Å². The van der Waals surface area contributed by atoms with Gasteiger partial charge in [0, 0.05) is 45.5 Å². The van der Waals surface area contributed by atoms with Crippen LogP contribution in [-0.2, 0) is 0 Å². The van der Waals surface area contributed by atoms with Crippen molar-refractivity contribution in [2.45, 2.75) is 0 Å². The van der Waals surface area contributed by atoms with Crippen molar-refractivity contribution in [1.29, 1.82) is 0 Å². The van der Waals surface area contributed by atoms with E-state index in [1.807, 2.05) is 0 Å². The molecule has 424 valence electrons. The van der Waals surface area contributed by atoms with Crippen LogP contribution in [0.2, 0.25) is 0 Å². The van der Waals surface area contributed by atoms with Crippen LogP contribution in [0, 0.1) is 0 Å². The Morgan fingerprint density at radius 1 is 0.222 bits per heavy atom. The lowest BCUT2D eigenvalue weighted by molar-refractivity contribution is 1.23. The second kappa shape index (κ2) is 23.2. The van der Waals surface area contributed by atoms with Gasteiger partial charge in [-0.3, -0.25) is 0 Å². The van der Waals surface area contributed by atoms with Crippen LogP contribution in [0.3, 0.4) is 0 Å². The van der Waals surface area contributed by atoms with E-state index in [0.29, 0.717) is 0 Å². The van der Waals surface area contributed by atoms with Crippen LogP contribution in [0.5, 0.6) is 0 Å². The quantitative estimate of drug-likeness (QED) is 0.0794. The molecule has 14 aromatic carbocycles. The van der Waals surface area contributed by atoms with Crippen molar-refractivity contribution < 1.29 is 0 Å². The van der Waals surface area contributed by atoms with E-state index in [9.17, 15) is 0 Å². The highest BCUT2D eigenvalue weighted by atomic mass is 28.3. The summed E-state index contributed by atoms with van der Waals surface area (Å²) in [4.78, 5) is 7.67. The molecule has 0 bridgehead atoms. The fourth-order valence-corrected chi connectivity index (χ4v) is 24.5. The van der Waals surface area contributed by atoms with E-state index in [4.69, 9.17) is 0 Å². The summed E-state index contributed by atoms with van der Waals surface area (Å²) in [7, 11) is -6.00. The second-order valence-corrected chi connectivity index (χ2v) is 31.1. The van der Waals surface area contributed by atoms with Crippen molar-refractivity contribution in [1.82, 2.24) is 0 Å². The molecule has 90 heavy (non-hydrogen) atoms. The SMILES string of the molecule is c1ccc(-c2ccc3c(c2)N(c2cccc([Si](c4ccccc4)(c4ccccc4)c4ccccc4)c2)c2cc(N(c4ccccc4)c4ccccc4)cc4c2B3c2ccccc2N4c2cccc([Si](c3ccccc3)(c3ccccc3)c3ccccc3)c2)cc1. The third-order valence-electron chi connectivity index (χ3n) is 18.7. The summed E-state index contributed by atoms with van der Waals surface area (Å²) in [5.41, 5.74) is 16.1. The maximum absolute atomic E-state index is 3.02. The predicted octanol–water partition coefficient (Wildman–Crippen LogP) is 13.7. The summed E-state index contributed by atoms with van der Waals surface area (Å²) >= 11 is 0. The molecule has 3 nitrogen and oxygen atoms in total. The van der Waals surface area contributed by atoms with Gasteiger partial charge in [-0.1, -0.05) is 303 Å². The van der Waals surface area contributed by atoms with E-state index in [0.717, 1.165) is 56.7 Å². The van der Waals surface area contributed by atoms with E-state index in [1.165, 1.54) is 63.4 Å². The average Bonchev–Trinajstić information content (AvgIpc) is 0.705. The normalized spacial score (nSPS) is 12.4. The van der Waals surface area contributed by atoms with Crippen molar-refractivity contribution in [3.05, 3.63) is 376 Å². The molecule has 0 spiro atoms. The van der Waals surface area contributed by atoms with Crippen LogP contribution in [0.15, 0.2) is 376 Å². The maximum atomic E-state index is 2.62. The molecule has 2 aliphatic heterocycles. The zero-order valence-electron chi connectivity index (χ0n) is 49.7. The Labute approximate surface area is 530 Å². The zero-order chi connectivity index (χ0) is 59.9. The van der Waals surface area contributed by atoms with Crippen molar-refractivity contribution in [3.63, 3.8) is 0 Å². The number of para-hydroxylation sites is 3. The number of rotatable bonds is 14. The number of anilines is 9. The van der Waals surface area contributed by atoms with Crippen molar-refractivity contribution >= 4 is 132 Å². The zero-order valence-corrected chi connectivity index (χ0v) is 51.7. The van der Waals surface area contributed by atoms with Gasteiger partial charge in [-0.05, 0) is 142 Å². The second-order valence-electron chi connectivity index (χ2n) is 23.5. The Balaban J connectivity index is 1.01.